The van der Waals surface area contributed by atoms with Crippen molar-refractivity contribution < 1.29 is 0 Å². The zero-order chi connectivity index (χ0) is 11.9. The third kappa shape index (κ3) is 6.57. The standard InChI is InChI=1S/C14H23N3.2ClH/c15-7-5-14-4-2-9-17(12-14)10-6-13-3-1-8-16-11-13;;/h1,3,8,11,14H,2,4-7,9-10,12,15H2;2*1H. The predicted octanol–water partition coefficient (Wildman–Crippen LogP) is 2.53. The van der Waals surface area contributed by atoms with Crippen molar-refractivity contribution >= 4 is 24.8 Å². The highest BCUT2D eigenvalue weighted by atomic mass is 35.5. The molecule has 0 aliphatic carbocycles. The Kier molecular flexibility index (Phi) is 10.2. The molecule has 0 bridgehead atoms. The second-order valence-corrected chi connectivity index (χ2v) is 5.00. The number of aromatic nitrogens is 1. The van der Waals surface area contributed by atoms with Crippen LogP contribution >= 0.6 is 24.8 Å². The number of nitrogens with two attached hydrogens (primary N) is 1. The number of hydrogen-bond donors (Lipinski definition) is 1. The summed E-state index contributed by atoms with van der Waals surface area (Å²) in [7, 11) is 0. The van der Waals surface area contributed by atoms with Gasteiger partial charge < -0.3 is 10.6 Å². The van der Waals surface area contributed by atoms with E-state index in [4.69, 9.17) is 5.73 Å². The fourth-order valence-corrected chi connectivity index (χ4v) is 2.66. The lowest BCUT2D eigenvalue weighted by atomic mass is 9.94. The molecule has 1 aliphatic rings. The van der Waals surface area contributed by atoms with E-state index < -0.39 is 0 Å². The molecule has 2 rings (SSSR count). The van der Waals surface area contributed by atoms with E-state index in [1.54, 1.807) is 0 Å². The second-order valence-electron chi connectivity index (χ2n) is 5.00. The summed E-state index contributed by atoms with van der Waals surface area (Å²) < 4.78 is 0. The zero-order valence-electron chi connectivity index (χ0n) is 11.3. The molecule has 1 saturated heterocycles. The van der Waals surface area contributed by atoms with E-state index in [0.29, 0.717) is 0 Å². The van der Waals surface area contributed by atoms with Gasteiger partial charge >= 0.3 is 0 Å². The SMILES string of the molecule is Cl.Cl.NCCC1CCCN(CCc2cccnc2)C1. The summed E-state index contributed by atoms with van der Waals surface area (Å²) in [5.74, 6) is 0.822. The van der Waals surface area contributed by atoms with Gasteiger partial charge in [0.25, 0.3) is 0 Å². The smallest absolute Gasteiger partial charge is 0.0300 e. The first kappa shape index (κ1) is 18.7. The Morgan fingerprint density at radius 2 is 2.21 bits per heavy atom. The normalized spacial score (nSPS) is 19.3. The van der Waals surface area contributed by atoms with Crippen molar-refractivity contribution in [3.63, 3.8) is 0 Å². The lowest BCUT2D eigenvalue weighted by molar-refractivity contribution is 0.172. The fourth-order valence-electron chi connectivity index (χ4n) is 2.66. The highest BCUT2D eigenvalue weighted by Crippen LogP contribution is 2.19. The van der Waals surface area contributed by atoms with Crippen LogP contribution in [0, 0.1) is 5.92 Å². The van der Waals surface area contributed by atoms with Gasteiger partial charge in [-0.3, -0.25) is 4.98 Å². The average Bonchev–Trinajstić information content (AvgIpc) is 2.39. The van der Waals surface area contributed by atoms with E-state index in [1.807, 2.05) is 18.5 Å². The quantitative estimate of drug-likeness (QED) is 0.909. The van der Waals surface area contributed by atoms with E-state index >= 15 is 0 Å². The van der Waals surface area contributed by atoms with Crippen LogP contribution in [0.1, 0.15) is 24.8 Å². The summed E-state index contributed by atoms with van der Waals surface area (Å²) in [5, 5.41) is 0. The number of halogens is 2. The first-order chi connectivity index (χ1) is 8.38. The van der Waals surface area contributed by atoms with Gasteiger partial charge in [0, 0.05) is 25.5 Å². The van der Waals surface area contributed by atoms with Crippen molar-refractivity contribution in [1.29, 1.82) is 0 Å². The fraction of sp³-hybridized carbons (Fsp3) is 0.643. The van der Waals surface area contributed by atoms with Crippen molar-refractivity contribution in [2.45, 2.75) is 25.7 Å². The number of pyridine rings is 1. The van der Waals surface area contributed by atoms with E-state index in [9.17, 15) is 0 Å². The Labute approximate surface area is 128 Å². The van der Waals surface area contributed by atoms with Crippen molar-refractivity contribution in [1.82, 2.24) is 9.88 Å². The number of hydrogen-bond acceptors (Lipinski definition) is 3. The predicted molar refractivity (Wildman–Crippen MR) is 85.3 cm³/mol. The number of nitrogens with zero attached hydrogens (tertiary/aromatic N) is 2. The molecule has 0 aromatic carbocycles. The molecule has 1 atom stereocenters. The number of piperidine rings is 1. The molecular weight excluding hydrogens is 281 g/mol. The highest BCUT2D eigenvalue weighted by molar-refractivity contribution is 5.85. The molecule has 0 saturated carbocycles. The Hall–Kier alpha value is -0.350. The first-order valence-corrected chi connectivity index (χ1v) is 6.70. The van der Waals surface area contributed by atoms with Crippen molar-refractivity contribution in [3.05, 3.63) is 30.1 Å². The molecule has 1 aliphatic heterocycles. The molecule has 19 heavy (non-hydrogen) atoms. The minimum atomic E-state index is 0. The van der Waals surface area contributed by atoms with E-state index in [1.165, 1.54) is 37.9 Å². The van der Waals surface area contributed by atoms with Crippen LogP contribution < -0.4 is 5.73 Å². The number of rotatable bonds is 5. The maximum atomic E-state index is 5.64. The van der Waals surface area contributed by atoms with E-state index in [0.717, 1.165) is 25.4 Å². The second kappa shape index (κ2) is 10.4. The summed E-state index contributed by atoms with van der Waals surface area (Å²) in [6, 6.07) is 4.18. The summed E-state index contributed by atoms with van der Waals surface area (Å²) >= 11 is 0. The summed E-state index contributed by atoms with van der Waals surface area (Å²) in [5.41, 5.74) is 6.98. The molecule has 3 nitrogen and oxygen atoms in total. The van der Waals surface area contributed by atoms with Crippen LogP contribution in [0.2, 0.25) is 0 Å². The van der Waals surface area contributed by atoms with Gasteiger partial charge in [0.15, 0.2) is 0 Å². The van der Waals surface area contributed by atoms with Gasteiger partial charge in [0.1, 0.15) is 0 Å². The minimum Gasteiger partial charge on any atom is -0.330 e. The van der Waals surface area contributed by atoms with Gasteiger partial charge in [0.05, 0.1) is 0 Å². The molecule has 2 N–H and O–H groups in total. The topological polar surface area (TPSA) is 42.1 Å². The van der Waals surface area contributed by atoms with Crippen LogP contribution in [0.5, 0.6) is 0 Å². The maximum Gasteiger partial charge on any atom is 0.0300 e. The molecule has 0 amide bonds. The van der Waals surface area contributed by atoms with E-state index in [2.05, 4.69) is 16.0 Å². The van der Waals surface area contributed by atoms with Crippen LogP contribution in [0.25, 0.3) is 0 Å². The summed E-state index contributed by atoms with van der Waals surface area (Å²) in [6.07, 6.45) is 8.80. The van der Waals surface area contributed by atoms with Crippen LogP contribution in [0.15, 0.2) is 24.5 Å². The summed E-state index contributed by atoms with van der Waals surface area (Å²) in [6.45, 7) is 4.48. The largest absolute Gasteiger partial charge is 0.330 e. The van der Waals surface area contributed by atoms with Gasteiger partial charge in [-0.2, -0.15) is 0 Å². The zero-order valence-corrected chi connectivity index (χ0v) is 13.0. The molecule has 1 unspecified atom stereocenters. The molecule has 110 valence electrons. The van der Waals surface area contributed by atoms with Gasteiger partial charge in [-0.1, -0.05) is 6.07 Å². The molecule has 0 radical (unpaired) electrons. The molecular formula is C14H25Cl2N3. The molecule has 1 fully saturated rings. The third-order valence-corrected chi connectivity index (χ3v) is 3.62. The molecule has 2 heterocycles. The average molecular weight is 306 g/mol. The number of likely N-dealkylation sites (tertiary alicyclic amines) is 1. The molecule has 1 aromatic rings. The Bertz CT molecular complexity index is 320. The lowest BCUT2D eigenvalue weighted by Crippen LogP contribution is -2.37. The third-order valence-electron chi connectivity index (χ3n) is 3.62. The van der Waals surface area contributed by atoms with Gasteiger partial charge in [-0.05, 0) is 56.3 Å². The van der Waals surface area contributed by atoms with Gasteiger partial charge in [-0.15, -0.1) is 24.8 Å². The van der Waals surface area contributed by atoms with E-state index in [-0.39, 0.29) is 24.8 Å². The first-order valence-electron chi connectivity index (χ1n) is 6.70. The van der Waals surface area contributed by atoms with Crippen LogP contribution in [0.3, 0.4) is 0 Å². The van der Waals surface area contributed by atoms with Crippen molar-refractivity contribution in [3.8, 4) is 0 Å². The minimum absolute atomic E-state index is 0. The van der Waals surface area contributed by atoms with Gasteiger partial charge in [0.2, 0.25) is 0 Å². The monoisotopic (exact) mass is 305 g/mol. The molecule has 1 aromatic heterocycles. The molecule has 0 spiro atoms. The van der Waals surface area contributed by atoms with Crippen molar-refractivity contribution in [2.24, 2.45) is 11.7 Å². The maximum absolute atomic E-state index is 5.64. The highest BCUT2D eigenvalue weighted by Gasteiger charge is 2.18. The van der Waals surface area contributed by atoms with Crippen molar-refractivity contribution in [2.75, 3.05) is 26.2 Å². The Balaban J connectivity index is 0.00000162. The van der Waals surface area contributed by atoms with Crippen LogP contribution in [-0.4, -0.2) is 36.1 Å². The Morgan fingerprint density at radius 1 is 1.37 bits per heavy atom. The summed E-state index contributed by atoms with van der Waals surface area (Å²) in [4.78, 5) is 6.74. The van der Waals surface area contributed by atoms with Crippen LogP contribution in [-0.2, 0) is 6.42 Å². The van der Waals surface area contributed by atoms with Gasteiger partial charge in [-0.25, -0.2) is 0 Å². The Morgan fingerprint density at radius 3 is 2.89 bits per heavy atom. The lowest BCUT2D eigenvalue weighted by Gasteiger charge is -2.32. The van der Waals surface area contributed by atoms with Crippen LogP contribution in [0.4, 0.5) is 0 Å². The molecule has 5 heteroatoms.